The van der Waals surface area contributed by atoms with E-state index in [4.69, 9.17) is 4.74 Å². The van der Waals surface area contributed by atoms with E-state index < -0.39 is 10.9 Å². The summed E-state index contributed by atoms with van der Waals surface area (Å²) >= 11 is 0. The number of nitro groups is 1. The summed E-state index contributed by atoms with van der Waals surface area (Å²) in [6.45, 7) is 0.959. The molecule has 0 heterocycles. The highest BCUT2D eigenvalue weighted by Gasteiger charge is 2.32. The van der Waals surface area contributed by atoms with E-state index in [0.717, 1.165) is 12.8 Å². The molecule has 1 aliphatic rings. The lowest BCUT2D eigenvalue weighted by atomic mass is 10.1. The number of aromatic carboxylic acids is 1. The van der Waals surface area contributed by atoms with Crippen LogP contribution in [0.4, 0.5) is 11.4 Å². The van der Waals surface area contributed by atoms with Crippen LogP contribution in [0.2, 0.25) is 0 Å². The third-order valence-electron chi connectivity index (χ3n) is 3.26. The molecule has 7 heteroatoms. The number of carbonyl (C=O) groups is 1. The lowest BCUT2D eigenvalue weighted by Gasteiger charge is -2.25. The Bertz CT molecular complexity index is 527. The zero-order valence-electron chi connectivity index (χ0n) is 11.1. The van der Waals surface area contributed by atoms with Gasteiger partial charge in [0.05, 0.1) is 22.8 Å². The summed E-state index contributed by atoms with van der Waals surface area (Å²) in [4.78, 5) is 23.5. The minimum Gasteiger partial charge on any atom is -0.478 e. The number of hydrogen-bond acceptors (Lipinski definition) is 5. The van der Waals surface area contributed by atoms with Crippen molar-refractivity contribution in [1.29, 1.82) is 0 Å². The van der Waals surface area contributed by atoms with E-state index in [2.05, 4.69) is 0 Å². The van der Waals surface area contributed by atoms with Crippen molar-refractivity contribution in [3.63, 3.8) is 0 Å². The molecule has 0 unspecified atom stereocenters. The van der Waals surface area contributed by atoms with Gasteiger partial charge in [0.15, 0.2) is 0 Å². The summed E-state index contributed by atoms with van der Waals surface area (Å²) in [6.07, 6.45) is 1.93. The third kappa shape index (κ3) is 3.05. The maximum absolute atomic E-state index is 11.3. The molecule has 1 fully saturated rings. The van der Waals surface area contributed by atoms with Crippen molar-refractivity contribution >= 4 is 17.3 Å². The molecular weight excluding hydrogens is 264 g/mol. The van der Waals surface area contributed by atoms with Gasteiger partial charge >= 0.3 is 5.97 Å². The van der Waals surface area contributed by atoms with Crippen LogP contribution >= 0.6 is 0 Å². The quantitative estimate of drug-likeness (QED) is 0.605. The Morgan fingerprint density at radius 2 is 2.25 bits per heavy atom. The van der Waals surface area contributed by atoms with Crippen LogP contribution in [0.5, 0.6) is 0 Å². The minimum absolute atomic E-state index is 0.0820. The van der Waals surface area contributed by atoms with Crippen LogP contribution in [0, 0.1) is 10.1 Å². The maximum Gasteiger partial charge on any atom is 0.337 e. The first kappa shape index (κ1) is 14.3. The maximum atomic E-state index is 11.3. The Balaban J connectivity index is 2.40. The number of anilines is 1. The predicted octanol–water partition coefficient (Wildman–Crippen LogP) is 1.91. The molecule has 108 valence electrons. The van der Waals surface area contributed by atoms with Gasteiger partial charge in [0.25, 0.3) is 5.69 Å². The Labute approximate surface area is 115 Å². The number of hydrogen-bond donors (Lipinski definition) is 1. The fourth-order valence-electron chi connectivity index (χ4n) is 2.13. The smallest absolute Gasteiger partial charge is 0.337 e. The minimum atomic E-state index is -1.09. The number of methoxy groups -OCH3 is 1. The molecule has 1 aromatic carbocycles. The average Bonchev–Trinajstić information content (AvgIpc) is 3.23. The van der Waals surface area contributed by atoms with E-state index in [0.29, 0.717) is 18.8 Å². The van der Waals surface area contributed by atoms with Crippen LogP contribution < -0.4 is 4.90 Å². The zero-order chi connectivity index (χ0) is 14.7. The van der Waals surface area contributed by atoms with Crippen molar-refractivity contribution < 1.29 is 19.6 Å². The number of ether oxygens (including phenoxy) is 1. The Kier molecular flexibility index (Phi) is 4.19. The van der Waals surface area contributed by atoms with Gasteiger partial charge in [-0.3, -0.25) is 10.1 Å². The SMILES string of the molecule is COCCN(c1cc([N+](=O)[O-])ccc1C(=O)O)C1CC1. The Hall–Kier alpha value is -2.15. The summed E-state index contributed by atoms with van der Waals surface area (Å²) in [7, 11) is 1.57. The van der Waals surface area contributed by atoms with Crippen molar-refractivity contribution in [3.8, 4) is 0 Å². The molecular formula is C13H16N2O5. The molecule has 0 aliphatic heterocycles. The second-order valence-corrected chi connectivity index (χ2v) is 4.68. The highest BCUT2D eigenvalue weighted by Crippen LogP contribution is 2.35. The van der Waals surface area contributed by atoms with Gasteiger partial charge in [0.1, 0.15) is 0 Å². The van der Waals surface area contributed by atoms with E-state index in [1.807, 2.05) is 4.90 Å². The molecule has 1 aromatic rings. The summed E-state index contributed by atoms with van der Waals surface area (Å²) in [5.74, 6) is -1.09. The van der Waals surface area contributed by atoms with Crippen molar-refractivity contribution in [2.24, 2.45) is 0 Å². The molecule has 20 heavy (non-hydrogen) atoms. The van der Waals surface area contributed by atoms with E-state index >= 15 is 0 Å². The van der Waals surface area contributed by atoms with E-state index in [1.165, 1.54) is 18.2 Å². The van der Waals surface area contributed by atoms with Gasteiger partial charge in [-0.15, -0.1) is 0 Å². The first-order valence-electron chi connectivity index (χ1n) is 6.32. The number of non-ortho nitro benzene ring substituents is 1. The van der Waals surface area contributed by atoms with E-state index in [-0.39, 0.29) is 17.3 Å². The molecule has 1 N–H and O–H groups in total. The molecule has 0 aromatic heterocycles. The highest BCUT2D eigenvalue weighted by atomic mass is 16.6. The fraction of sp³-hybridized carbons (Fsp3) is 0.462. The van der Waals surface area contributed by atoms with Crippen LogP contribution in [-0.4, -0.2) is 42.3 Å². The number of benzene rings is 1. The number of carboxylic acid groups (broad SMARTS) is 1. The topological polar surface area (TPSA) is 92.9 Å². The van der Waals surface area contributed by atoms with Crippen molar-refractivity contribution in [2.75, 3.05) is 25.2 Å². The molecule has 7 nitrogen and oxygen atoms in total. The van der Waals surface area contributed by atoms with Gasteiger partial charge in [-0.1, -0.05) is 0 Å². The highest BCUT2D eigenvalue weighted by molar-refractivity contribution is 5.95. The largest absolute Gasteiger partial charge is 0.478 e. The number of nitro benzene ring substituents is 1. The van der Waals surface area contributed by atoms with Crippen LogP contribution in [-0.2, 0) is 4.74 Å². The molecule has 0 spiro atoms. The van der Waals surface area contributed by atoms with Crippen LogP contribution in [0.15, 0.2) is 18.2 Å². The number of carboxylic acids is 1. The molecule has 1 saturated carbocycles. The van der Waals surface area contributed by atoms with Crippen LogP contribution in [0.25, 0.3) is 0 Å². The normalized spacial score (nSPS) is 14.1. The van der Waals surface area contributed by atoms with Crippen molar-refractivity contribution in [3.05, 3.63) is 33.9 Å². The Morgan fingerprint density at radius 1 is 1.55 bits per heavy atom. The second-order valence-electron chi connectivity index (χ2n) is 4.68. The van der Waals surface area contributed by atoms with Crippen LogP contribution in [0.3, 0.4) is 0 Å². The van der Waals surface area contributed by atoms with Crippen LogP contribution in [0.1, 0.15) is 23.2 Å². The molecule has 0 radical (unpaired) electrons. The Morgan fingerprint density at radius 3 is 2.75 bits per heavy atom. The molecule has 2 rings (SSSR count). The van der Waals surface area contributed by atoms with Gasteiger partial charge in [-0.25, -0.2) is 4.79 Å². The third-order valence-corrected chi connectivity index (χ3v) is 3.26. The fourth-order valence-corrected chi connectivity index (χ4v) is 2.13. The molecule has 1 aliphatic carbocycles. The van der Waals surface area contributed by atoms with Gasteiger partial charge in [0.2, 0.25) is 0 Å². The predicted molar refractivity (Wildman–Crippen MR) is 72.3 cm³/mol. The monoisotopic (exact) mass is 280 g/mol. The summed E-state index contributed by atoms with van der Waals surface area (Å²) < 4.78 is 5.03. The molecule has 0 bridgehead atoms. The average molecular weight is 280 g/mol. The van der Waals surface area contributed by atoms with E-state index in [9.17, 15) is 20.0 Å². The first-order chi connectivity index (χ1) is 9.54. The molecule has 0 saturated heterocycles. The first-order valence-corrected chi connectivity index (χ1v) is 6.32. The lowest BCUT2D eigenvalue weighted by molar-refractivity contribution is -0.384. The zero-order valence-corrected chi connectivity index (χ0v) is 11.1. The summed E-state index contributed by atoms with van der Waals surface area (Å²) in [5, 5.41) is 20.1. The van der Waals surface area contributed by atoms with Gasteiger partial charge in [-0.2, -0.15) is 0 Å². The lowest BCUT2D eigenvalue weighted by Crippen LogP contribution is -2.31. The summed E-state index contributed by atoms with van der Waals surface area (Å²) in [5.41, 5.74) is 0.373. The van der Waals surface area contributed by atoms with Crippen molar-refractivity contribution in [1.82, 2.24) is 0 Å². The van der Waals surface area contributed by atoms with Gasteiger partial charge in [-0.05, 0) is 18.9 Å². The van der Waals surface area contributed by atoms with Crippen molar-refractivity contribution in [2.45, 2.75) is 18.9 Å². The number of rotatable bonds is 7. The standard InChI is InChI=1S/C13H16N2O5/c1-20-7-6-14(9-2-3-9)12-8-10(15(18)19)4-5-11(12)13(16)17/h4-5,8-9H,2-3,6-7H2,1H3,(H,16,17). The molecule has 0 amide bonds. The van der Waals surface area contributed by atoms with E-state index in [1.54, 1.807) is 7.11 Å². The van der Waals surface area contributed by atoms with Gasteiger partial charge < -0.3 is 14.7 Å². The summed E-state index contributed by atoms with van der Waals surface area (Å²) in [6, 6.07) is 4.08. The molecule has 0 atom stereocenters. The number of nitrogens with zero attached hydrogens (tertiary/aromatic N) is 2. The second kappa shape index (κ2) is 5.87. The van der Waals surface area contributed by atoms with Gasteiger partial charge in [0, 0.05) is 31.8 Å².